The maximum absolute atomic E-state index is 12.5. The highest BCUT2D eigenvalue weighted by atomic mass is 32.2. The molecule has 0 atom stereocenters. The molecule has 0 aromatic heterocycles. The van der Waals surface area contributed by atoms with Crippen molar-refractivity contribution in [2.24, 2.45) is 0 Å². The largest absolute Gasteiger partial charge is 0.325 e. The molecular weight excluding hydrogens is 386 g/mol. The van der Waals surface area contributed by atoms with E-state index < -0.39 is 10.0 Å². The van der Waals surface area contributed by atoms with Crippen LogP contribution < -0.4 is 10.2 Å². The lowest BCUT2D eigenvalue weighted by Gasteiger charge is -2.30. The van der Waals surface area contributed by atoms with Crippen molar-refractivity contribution < 1.29 is 18.1 Å². The average Bonchev–Trinajstić information content (AvgIpc) is 2.73. The molecule has 3 rings (SSSR count). The monoisotopic (exact) mass is 414 g/mol. The van der Waals surface area contributed by atoms with E-state index in [0.717, 1.165) is 22.6 Å². The number of aryl methyl sites for hydroxylation is 1. The number of rotatable bonds is 7. The predicted octanol–water partition coefficient (Wildman–Crippen LogP) is 1.39. The van der Waals surface area contributed by atoms with Crippen molar-refractivity contribution in [3.8, 4) is 0 Å². The summed E-state index contributed by atoms with van der Waals surface area (Å²) in [6.07, 6.45) is 2.54. The topological polar surface area (TPSA) is 70.9 Å². The summed E-state index contributed by atoms with van der Waals surface area (Å²) in [7, 11) is -3.45. The van der Waals surface area contributed by atoms with Crippen molar-refractivity contribution in [1.82, 2.24) is 4.31 Å². The van der Waals surface area contributed by atoms with Crippen LogP contribution >= 0.6 is 0 Å². The quantitative estimate of drug-likeness (QED) is 0.719. The van der Waals surface area contributed by atoms with Gasteiger partial charge < -0.3 is 10.2 Å². The van der Waals surface area contributed by atoms with Gasteiger partial charge in [-0.15, -0.1) is 0 Å². The van der Waals surface area contributed by atoms with E-state index in [2.05, 4.69) is 12.2 Å². The maximum atomic E-state index is 12.5. The van der Waals surface area contributed by atoms with Crippen LogP contribution in [0.4, 0.5) is 5.69 Å². The third-order valence-electron chi connectivity index (χ3n) is 5.05. The summed E-state index contributed by atoms with van der Waals surface area (Å²) >= 11 is 0. The lowest BCUT2D eigenvalue weighted by molar-refractivity contribution is -0.895. The first kappa shape index (κ1) is 21.2. The molecule has 2 aromatic carbocycles. The van der Waals surface area contributed by atoms with Crippen LogP contribution in [-0.2, 0) is 21.2 Å². The molecular formula is C22H28N3O3S+. The number of anilines is 1. The molecule has 0 saturated carbocycles. The normalized spacial score (nSPS) is 16.2. The second kappa shape index (κ2) is 9.82. The van der Waals surface area contributed by atoms with Gasteiger partial charge in [-0.1, -0.05) is 49.4 Å². The highest BCUT2D eigenvalue weighted by molar-refractivity contribution is 7.92. The fourth-order valence-electron chi connectivity index (χ4n) is 3.35. The lowest BCUT2D eigenvalue weighted by atomic mass is 10.1. The molecule has 1 amide bonds. The molecule has 2 aromatic rings. The first-order chi connectivity index (χ1) is 14.0. The molecule has 0 aliphatic carbocycles. The maximum Gasteiger partial charge on any atom is 0.279 e. The number of sulfonamides is 1. The number of piperazine rings is 1. The van der Waals surface area contributed by atoms with E-state index in [1.54, 1.807) is 6.08 Å². The minimum absolute atomic E-state index is 0.0477. The van der Waals surface area contributed by atoms with Crippen LogP contribution in [0, 0.1) is 0 Å². The number of benzene rings is 2. The minimum Gasteiger partial charge on any atom is -0.325 e. The van der Waals surface area contributed by atoms with E-state index in [9.17, 15) is 13.2 Å². The van der Waals surface area contributed by atoms with Crippen LogP contribution in [0.3, 0.4) is 0 Å². The zero-order valence-electron chi connectivity index (χ0n) is 16.7. The Kier molecular flexibility index (Phi) is 7.19. The molecule has 29 heavy (non-hydrogen) atoms. The van der Waals surface area contributed by atoms with E-state index >= 15 is 0 Å². The minimum atomic E-state index is -3.45. The number of nitrogens with zero attached hydrogens (tertiary/aromatic N) is 1. The third-order valence-corrected chi connectivity index (χ3v) is 6.62. The molecule has 1 heterocycles. The van der Waals surface area contributed by atoms with Crippen LogP contribution in [0.1, 0.15) is 18.1 Å². The number of carbonyl (C=O) groups is 1. The van der Waals surface area contributed by atoms with E-state index in [1.807, 2.05) is 54.6 Å². The van der Waals surface area contributed by atoms with E-state index in [-0.39, 0.29) is 5.91 Å². The summed E-state index contributed by atoms with van der Waals surface area (Å²) in [5.41, 5.74) is 2.84. The van der Waals surface area contributed by atoms with Crippen LogP contribution in [0.2, 0.25) is 0 Å². The first-order valence-corrected chi connectivity index (χ1v) is 11.4. The van der Waals surface area contributed by atoms with Crippen molar-refractivity contribution in [2.45, 2.75) is 13.3 Å². The van der Waals surface area contributed by atoms with Crippen LogP contribution in [0.5, 0.6) is 0 Å². The summed E-state index contributed by atoms with van der Waals surface area (Å²) in [4.78, 5) is 13.4. The van der Waals surface area contributed by atoms with Crippen molar-refractivity contribution in [3.63, 3.8) is 0 Å². The van der Waals surface area contributed by atoms with Crippen molar-refractivity contribution in [1.29, 1.82) is 0 Å². The van der Waals surface area contributed by atoms with Crippen LogP contribution in [0.25, 0.3) is 6.08 Å². The molecule has 1 fully saturated rings. The Hall–Kier alpha value is -2.48. The number of hydrogen-bond acceptors (Lipinski definition) is 3. The fourth-order valence-corrected chi connectivity index (χ4v) is 4.54. The Morgan fingerprint density at radius 3 is 2.52 bits per heavy atom. The molecule has 1 aliphatic heterocycles. The van der Waals surface area contributed by atoms with Crippen molar-refractivity contribution in [2.75, 3.05) is 38.0 Å². The van der Waals surface area contributed by atoms with Crippen molar-refractivity contribution in [3.05, 3.63) is 71.1 Å². The van der Waals surface area contributed by atoms with Gasteiger partial charge in [-0.2, -0.15) is 4.31 Å². The summed E-state index contributed by atoms with van der Waals surface area (Å²) in [5, 5.41) is 4.21. The SMILES string of the molecule is CCc1cccc(NC(=O)C[NH+]2CCN(S(=O)(=O)/C=C/c3ccccc3)CC2)c1. The third kappa shape index (κ3) is 6.25. The van der Waals surface area contributed by atoms with Gasteiger partial charge in [0, 0.05) is 11.1 Å². The van der Waals surface area contributed by atoms with Gasteiger partial charge in [-0.05, 0) is 35.8 Å². The molecule has 0 unspecified atom stereocenters. The predicted molar refractivity (Wildman–Crippen MR) is 116 cm³/mol. The number of quaternary nitrogens is 1. The summed E-state index contributed by atoms with van der Waals surface area (Å²) in [5.74, 6) is -0.0477. The fraction of sp³-hybridized carbons (Fsp3) is 0.318. The summed E-state index contributed by atoms with van der Waals surface area (Å²) < 4.78 is 26.6. The van der Waals surface area contributed by atoms with E-state index in [1.165, 1.54) is 15.3 Å². The van der Waals surface area contributed by atoms with Gasteiger partial charge >= 0.3 is 0 Å². The number of carbonyl (C=O) groups excluding carboxylic acids is 1. The van der Waals surface area contributed by atoms with Gasteiger partial charge in [0.2, 0.25) is 10.0 Å². The number of nitrogens with one attached hydrogen (secondary N) is 2. The van der Waals surface area contributed by atoms with Gasteiger partial charge in [0.15, 0.2) is 6.54 Å². The smallest absolute Gasteiger partial charge is 0.279 e. The molecule has 0 bridgehead atoms. The van der Waals surface area contributed by atoms with Gasteiger partial charge in [-0.3, -0.25) is 4.79 Å². The van der Waals surface area contributed by atoms with E-state index in [4.69, 9.17) is 0 Å². The Morgan fingerprint density at radius 1 is 1.10 bits per heavy atom. The standard InChI is InChI=1S/C22H27N3O3S/c1-2-19-9-6-10-21(17-19)23-22(26)18-24-12-14-25(15-13-24)29(27,28)16-11-20-7-4-3-5-8-20/h3-11,16-17H,2,12-15,18H2,1H3,(H,23,26)/p+1/b16-11+. The molecule has 154 valence electrons. The molecule has 7 heteroatoms. The second-order valence-corrected chi connectivity index (χ2v) is 9.00. The van der Waals surface area contributed by atoms with Gasteiger partial charge in [0.05, 0.1) is 26.2 Å². The zero-order chi connectivity index (χ0) is 20.7. The average molecular weight is 415 g/mol. The lowest BCUT2D eigenvalue weighted by Crippen LogP contribution is -3.15. The second-order valence-electron chi connectivity index (χ2n) is 7.19. The molecule has 0 radical (unpaired) electrons. The van der Waals surface area contributed by atoms with Gasteiger partial charge in [-0.25, -0.2) is 8.42 Å². The van der Waals surface area contributed by atoms with Crippen LogP contribution in [0.15, 0.2) is 60.0 Å². The van der Waals surface area contributed by atoms with Crippen molar-refractivity contribution >= 4 is 27.7 Å². The van der Waals surface area contributed by atoms with Crippen LogP contribution in [-0.4, -0.2) is 51.4 Å². The molecule has 2 N–H and O–H groups in total. The number of amides is 1. The summed E-state index contributed by atoms with van der Waals surface area (Å²) in [6, 6.07) is 17.2. The summed E-state index contributed by atoms with van der Waals surface area (Å²) in [6.45, 7) is 4.46. The van der Waals surface area contributed by atoms with E-state index in [0.29, 0.717) is 32.7 Å². The molecule has 0 spiro atoms. The Balaban J connectivity index is 1.49. The zero-order valence-corrected chi connectivity index (χ0v) is 17.5. The number of hydrogen-bond donors (Lipinski definition) is 2. The highest BCUT2D eigenvalue weighted by Crippen LogP contribution is 2.11. The molecule has 6 nitrogen and oxygen atoms in total. The Bertz CT molecular complexity index is 950. The van der Waals surface area contributed by atoms with Gasteiger partial charge in [0.1, 0.15) is 0 Å². The molecule has 1 aliphatic rings. The molecule has 1 saturated heterocycles. The Labute approximate surface area is 172 Å². The highest BCUT2D eigenvalue weighted by Gasteiger charge is 2.28. The first-order valence-electron chi connectivity index (χ1n) is 9.92. The van der Waals surface area contributed by atoms with Gasteiger partial charge in [0.25, 0.3) is 5.91 Å². The Morgan fingerprint density at radius 2 is 1.83 bits per heavy atom.